The van der Waals surface area contributed by atoms with Crippen LogP contribution in [0.25, 0.3) is 0 Å². The van der Waals surface area contributed by atoms with Gasteiger partial charge in [-0.15, -0.1) is 0 Å². The maximum Gasteiger partial charge on any atom is 0.261 e. The number of anilines is 1. The van der Waals surface area contributed by atoms with Crippen LogP contribution in [0.15, 0.2) is 83.8 Å². The van der Waals surface area contributed by atoms with Crippen molar-refractivity contribution in [1.29, 1.82) is 0 Å². The van der Waals surface area contributed by atoms with Gasteiger partial charge in [0.1, 0.15) is 0 Å². The van der Waals surface area contributed by atoms with Crippen LogP contribution in [0.1, 0.15) is 47.8 Å². The van der Waals surface area contributed by atoms with Crippen molar-refractivity contribution in [1.82, 2.24) is 5.32 Å². The van der Waals surface area contributed by atoms with Gasteiger partial charge in [-0.1, -0.05) is 67.9 Å². The van der Waals surface area contributed by atoms with Gasteiger partial charge in [0.15, 0.2) is 0 Å². The number of hydrogen-bond acceptors (Lipinski definition) is 3. The quantitative estimate of drug-likeness (QED) is 0.502. The van der Waals surface area contributed by atoms with Gasteiger partial charge in [-0.2, -0.15) is 0 Å². The Morgan fingerprint density at radius 1 is 0.903 bits per heavy atom. The van der Waals surface area contributed by atoms with E-state index >= 15 is 0 Å². The minimum absolute atomic E-state index is 0.124. The van der Waals surface area contributed by atoms with Crippen LogP contribution in [-0.4, -0.2) is 14.3 Å². The summed E-state index contributed by atoms with van der Waals surface area (Å²) in [5.74, 6) is 0.157. The third-order valence-electron chi connectivity index (χ3n) is 4.92. The highest BCUT2D eigenvalue weighted by Gasteiger charge is 2.18. The normalized spacial score (nSPS) is 12.4. The molecule has 1 amide bonds. The van der Waals surface area contributed by atoms with Crippen molar-refractivity contribution in [2.75, 3.05) is 4.72 Å². The van der Waals surface area contributed by atoms with E-state index in [0.717, 1.165) is 17.5 Å². The zero-order valence-electron chi connectivity index (χ0n) is 18.0. The highest BCUT2D eigenvalue weighted by atomic mass is 32.2. The van der Waals surface area contributed by atoms with Gasteiger partial charge >= 0.3 is 0 Å². The molecular formula is C25H28N2O3S. The molecule has 0 aliphatic rings. The summed E-state index contributed by atoms with van der Waals surface area (Å²) in [6.45, 7) is 6.12. The lowest BCUT2D eigenvalue weighted by Gasteiger charge is -2.21. The van der Waals surface area contributed by atoms with E-state index in [1.165, 1.54) is 0 Å². The number of carbonyl (C=O) groups excluding carboxylic acids is 1. The summed E-state index contributed by atoms with van der Waals surface area (Å²) < 4.78 is 27.9. The summed E-state index contributed by atoms with van der Waals surface area (Å²) in [4.78, 5) is 13.1. The molecule has 5 nitrogen and oxygen atoms in total. The van der Waals surface area contributed by atoms with Crippen LogP contribution < -0.4 is 10.0 Å². The summed E-state index contributed by atoms with van der Waals surface area (Å²) in [6, 6.07) is 22.9. The van der Waals surface area contributed by atoms with E-state index in [-0.39, 0.29) is 16.8 Å². The molecule has 0 spiro atoms. The molecule has 3 aromatic rings. The molecule has 6 heteroatoms. The van der Waals surface area contributed by atoms with Crippen molar-refractivity contribution in [3.8, 4) is 0 Å². The van der Waals surface area contributed by atoms with Gasteiger partial charge in [-0.25, -0.2) is 8.42 Å². The van der Waals surface area contributed by atoms with Crippen molar-refractivity contribution in [3.05, 3.63) is 95.6 Å². The topological polar surface area (TPSA) is 75.3 Å². The van der Waals surface area contributed by atoms with Crippen molar-refractivity contribution in [3.63, 3.8) is 0 Å². The van der Waals surface area contributed by atoms with Gasteiger partial charge in [0, 0.05) is 11.3 Å². The Morgan fingerprint density at radius 3 is 2.23 bits per heavy atom. The Hall–Kier alpha value is -3.12. The molecule has 2 N–H and O–H groups in total. The summed E-state index contributed by atoms with van der Waals surface area (Å²) in [5, 5.41) is 3.09. The standard InChI is InChI=1S/C25H28N2O3S/c1-18(2)16-24(20-8-5-4-6-9-20)26-25(28)21-10-7-11-22(17-21)27-31(29,30)23-14-12-19(3)13-15-23/h4-15,17-18,24,27H,16H2,1-3H3,(H,26,28). The Morgan fingerprint density at radius 2 is 1.58 bits per heavy atom. The molecule has 0 fully saturated rings. The maximum absolute atomic E-state index is 12.9. The number of nitrogens with one attached hydrogen (secondary N) is 2. The zero-order valence-corrected chi connectivity index (χ0v) is 18.8. The molecule has 3 rings (SSSR count). The largest absolute Gasteiger partial charge is 0.345 e. The van der Waals surface area contributed by atoms with Gasteiger partial charge in [-0.3, -0.25) is 9.52 Å². The van der Waals surface area contributed by atoms with Crippen LogP contribution in [-0.2, 0) is 10.0 Å². The Bertz CT molecular complexity index is 1120. The first-order valence-electron chi connectivity index (χ1n) is 10.3. The molecule has 31 heavy (non-hydrogen) atoms. The summed E-state index contributed by atoms with van der Waals surface area (Å²) in [7, 11) is -3.74. The number of sulfonamides is 1. The molecule has 0 saturated carbocycles. The van der Waals surface area contributed by atoms with Gasteiger partial charge in [-0.05, 0) is 55.2 Å². The van der Waals surface area contributed by atoms with Crippen LogP contribution in [0.3, 0.4) is 0 Å². The van der Waals surface area contributed by atoms with Gasteiger partial charge < -0.3 is 5.32 Å². The first-order chi connectivity index (χ1) is 14.7. The fraction of sp³-hybridized carbons (Fsp3) is 0.240. The van der Waals surface area contributed by atoms with E-state index in [9.17, 15) is 13.2 Å². The van der Waals surface area contributed by atoms with E-state index < -0.39 is 10.0 Å². The van der Waals surface area contributed by atoms with E-state index in [1.54, 1.807) is 48.5 Å². The fourth-order valence-corrected chi connectivity index (χ4v) is 4.38. The van der Waals surface area contributed by atoms with Gasteiger partial charge in [0.2, 0.25) is 0 Å². The zero-order chi connectivity index (χ0) is 22.4. The van der Waals surface area contributed by atoms with Crippen molar-refractivity contribution in [2.45, 2.75) is 38.1 Å². The second-order valence-electron chi connectivity index (χ2n) is 8.07. The molecule has 162 valence electrons. The molecular weight excluding hydrogens is 408 g/mol. The minimum Gasteiger partial charge on any atom is -0.345 e. The SMILES string of the molecule is Cc1ccc(S(=O)(=O)Nc2cccc(C(=O)NC(CC(C)C)c3ccccc3)c2)cc1. The third-order valence-corrected chi connectivity index (χ3v) is 6.32. The third kappa shape index (κ3) is 6.18. The summed E-state index contributed by atoms with van der Waals surface area (Å²) >= 11 is 0. The van der Waals surface area contributed by atoms with Crippen LogP contribution in [0.2, 0.25) is 0 Å². The molecule has 0 aromatic heterocycles. The van der Waals surface area contributed by atoms with E-state index in [0.29, 0.717) is 17.2 Å². The highest BCUT2D eigenvalue weighted by molar-refractivity contribution is 7.92. The fourth-order valence-electron chi connectivity index (χ4n) is 3.33. The smallest absolute Gasteiger partial charge is 0.261 e. The number of benzene rings is 3. The Balaban J connectivity index is 1.78. The average molecular weight is 437 g/mol. The van der Waals surface area contributed by atoms with E-state index in [2.05, 4.69) is 23.9 Å². The van der Waals surface area contributed by atoms with Gasteiger partial charge in [0.05, 0.1) is 10.9 Å². The van der Waals surface area contributed by atoms with Crippen LogP contribution in [0.4, 0.5) is 5.69 Å². The van der Waals surface area contributed by atoms with Crippen LogP contribution in [0, 0.1) is 12.8 Å². The van der Waals surface area contributed by atoms with E-state index in [1.807, 2.05) is 37.3 Å². The van der Waals surface area contributed by atoms with Crippen molar-refractivity contribution >= 4 is 21.6 Å². The van der Waals surface area contributed by atoms with Crippen LogP contribution in [0.5, 0.6) is 0 Å². The first-order valence-corrected chi connectivity index (χ1v) is 11.8. The van der Waals surface area contributed by atoms with Gasteiger partial charge in [0.25, 0.3) is 15.9 Å². The lowest BCUT2D eigenvalue weighted by Crippen LogP contribution is -2.29. The number of carbonyl (C=O) groups is 1. The molecule has 0 radical (unpaired) electrons. The molecule has 1 atom stereocenters. The maximum atomic E-state index is 12.9. The lowest BCUT2D eigenvalue weighted by molar-refractivity contribution is 0.0932. The van der Waals surface area contributed by atoms with Crippen LogP contribution >= 0.6 is 0 Å². The lowest BCUT2D eigenvalue weighted by atomic mass is 9.96. The first kappa shape index (κ1) is 22.6. The molecule has 0 aliphatic heterocycles. The molecule has 0 aliphatic carbocycles. The predicted molar refractivity (Wildman–Crippen MR) is 125 cm³/mol. The molecule has 0 saturated heterocycles. The second-order valence-corrected chi connectivity index (χ2v) is 9.75. The number of amides is 1. The molecule has 3 aromatic carbocycles. The number of hydrogen-bond donors (Lipinski definition) is 2. The second kappa shape index (κ2) is 9.79. The number of rotatable bonds is 8. The Labute approximate surface area is 184 Å². The molecule has 1 unspecified atom stereocenters. The minimum atomic E-state index is -3.74. The van der Waals surface area contributed by atoms with Crippen molar-refractivity contribution < 1.29 is 13.2 Å². The van der Waals surface area contributed by atoms with Crippen molar-refractivity contribution in [2.24, 2.45) is 5.92 Å². The average Bonchev–Trinajstić information content (AvgIpc) is 2.74. The number of aryl methyl sites for hydroxylation is 1. The highest BCUT2D eigenvalue weighted by Crippen LogP contribution is 2.23. The Kier molecular flexibility index (Phi) is 7.13. The molecule has 0 bridgehead atoms. The monoisotopic (exact) mass is 436 g/mol. The summed E-state index contributed by atoms with van der Waals surface area (Å²) in [5.41, 5.74) is 2.76. The molecule has 0 heterocycles. The van der Waals surface area contributed by atoms with E-state index in [4.69, 9.17) is 0 Å². The predicted octanol–water partition coefficient (Wildman–Crippen LogP) is 5.31. The summed E-state index contributed by atoms with van der Waals surface area (Å²) in [6.07, 6.45) is 0.801.